The highest BCUT2D eigenvalue weighted by Crippen LogP contribution is 2.37. The van der Waals surface area contributed by atoms with Crippen molar-refractivity contribution in [3.8, 4) is 0 Å². The molecule has 1 aromatic rings. The molecule has 6 N–H and O–H groups in total. The van der Waals surface area contributed by atoms with Gasteiger partial charge < -0.3 is 31.3 Å². The standard InChI is InChI=1S/C14H16I3N3O6/c1-20(6(24)4-22)12-10(16)7(13(18)25)9(15)8(11(12)17)14(26)19-2-5(23)3-21/h5,21-23H,2-4H2,1H3,(H2,18,25)(H,19,26). The van der Waals surface area contributed by atoms with Gasteiger partial charge in [-0.25, -0.2) is 0 Å². The van der Waals surface area contributed by atoms with E-state index in [-0.39, 0.29) is 23.4 Å². The van der Waals surface area contributed by atoms with Gasteiger partial charge in [0.2, 0.25) is 0 Å². The monoisotopic (exact) mass is 703 g/mol. The molecule has 26 heavy (non-hydrogen) atoms. The topological polar surface area (TPSA) is 153 Å². The van der Waals surface area contributed by atoms with Crippen molar-refractivity contribution in [1.29, 1.82) is 0 Å². The molecule has 0 saturated carbocycles. The van der Waals surface area contributed by atoms with Crippen LogP contribution in [0.5, 0.6) is 0 Å². The van der Waals surface area contributed by atoms with Gasteiger partial charge in [0.05, 0.1) is 36.7 Å². The number of aliphatic hydroxyl groups is 3. The highest BCUT2D eigenvalue weighted by atomic mass is 127. The van der Waals surface area contributed by atoms with Gasteiger partial charge in [-0.05, 0) is 67.8 Å². The number of carbonyl (C=O) groups excluding carboxylic acids is 3. The van der Waals surface area contributed by atoms with Gasteiger partial charge in [0, 0.05) is 17.2 Å². The summed E-state index contributed by atoms with van der Waals surface area (Å²) in [6, 6.07) is 0. The maximum atomic E-state index is 12.6. The van der Waals surface area contributed by atoms with Gasteiger partial charge >= 0.3 is 0 Å². The Morgan fingerprint density at radius 2 is 1.65 bits per heavy atom. The number of hydrogen-bond donors (Lipinski definition) is 5. The highest BCUT2D eigenvalue weighted by molar-refractivity contribution is 14.1. The minimum Gasteiger partial charge on any atom is -0.394 e. The third-order valence-electron chi connectivity index (χ3n) is 3.32. The van der Waals surface area contributed by atoms with Gasteiger partial charge in [-0.1, -0.05) is 0 Å². The number of hydrogen-bond acceptors (Lipinski definition) is 6. The Bertz CT molecular complexity index is 743. The van der Waals surface area contributed by atoms with Crippen molar-refractivity contribution < 1.29 is 29.7 Å². The van der Waals surface area contributed by atoms with Crippen molar-refractivity contribution in [2.75, 3.05) is 31.7 Å². The van der Waals surface area contributed by atoms with Crippen molar-refractivity contribution in [2.45, 2.75) is 6.10 Å². The molecule has 1 rings (SSSR count). The zero-order valence-corrected chi connectivity index (χ0v) is 19.9. The molecule has 1 unspecified atom stereocenters. The minimum atomic E-state index is -1.13. The fourth-order valence-corrected chi connectivity index (χ4v) is 6.87. The lowest BCUT2D eigenvalue weighted by Crippen LogP contribution is -2.36. The third-order valence-corrected chi connectivity index (χ3v) is 6.50. The molecular formula is C14H16I3N3O6. The molecule has 0 aliphatic carbocycles. The minimum absolute atomic E-state index is 0.0760. The Kier molecular flexibility index (Phi) is 9.40. The summed E-state index contributed by atoms with van der Waals surface area (Å²) in [6.07, 6.45) is -1.13. The summed E-state index contributed by atoms with van der Waals surface area (Å²) in [5.74, 6) is -2.00. The first kappa shape index (κ1) is 23.7. The SMILES string of the molecule is CN(C(=O)CO)c1c(I)c(C(N)=O)c(I)c(C(=O)NCC(O)CO)c1I. The lowest BCUT2D eigenvalue weighted by Gasteiger charge is -2.24. The van der Waals surface area contributed by atoms with Gasteiger partial charge in [0.1, 0.15) is 6.61 Å². The van der Waals surface area contributed by atoms with Gasteiger partial charge in [0.25, 0.3) is 17.7 Å². The smallest absolute Gasteiger partial charge is 0.253 e. The number of halogens is 3. The Balaban J connectivity index is 3.60. The highest BCUT2D eigenvalue weighted by Gasteiger charge is 2.29. The Labute approximate surface area is 190 Å². The van der Waals surface area contributed by atoms with Crippen molar-refractivity contribution in [3.05, 3.63) is 21.8 Å². The van der Waals surface area contributed by atoms with E-state index < -0.39 is 37.0 Å². The molecule has 0 saturated heterocycles. The average Bonchev–Trinajstić information content (AvgIpc) is 2.57. The van der Waals surface area contributed by atoms with Gasteiger partial charge in [0.15, 0.2) is 0 Å². The Morgan fingerprint density at radius 1 is 1.12 bits per heavy atom. The Hall–Kier alpha value is -0.300. The van der Waals surface area contributed by atoms with Gasteiger partial charge in [-0.3, -0.25) is 14.4 Å². The molecule has 0 radical (unpaired) electrons. The molecule has 0 fully saturated rings. The average molecular weight is 703 g/mol. The van der Waals surface area contributed by atoms with E-state index in [4.69, 9.17) is 15.9 Å². The first-order chi connectivity index (χ1) is 12.1. The van der Waals surface area contributed by atoms with E-state index in [9.17, 15) is 19.5 Å². The quantitative estimate of drug-likeness (QED) is 0.245. The number of benzene rings is 1. The van der Waals surface area contributed by atoms with E-state index in [0.717, 1.165) is 4.90 Å². The van der Waals surface area contributed by atoms with Crippen LogP contribution in [0.3, 0.4) is 0 Å². The van der Waals surface area contributed by atoms with Crippen molar-refractivity contribution in [2.24, 2.45) is 5.73 Å². The number of nitrogens with zero attached hydrogens (tertiary/aromatic N) is 1. The fourth-order valence-electron chi connectivity index (χ4n) is 1.96. The second-order valence-electron chi connectivity index (χ2n) is 5.06. The molecule has 0 aliphatic rings. The van der Waals surface area contributed by atoms with Gasteiger partial charge in [-0.2, -0.15) is 0 Å². The van der Waals surface area contributed by atoms with E-state index in [1.165, 1.54) is 7.05 Å². The van der Waals surface area contributed by atoms with Crippen molar-refractivity contribution in [3.63, 3.8) is 0 Å². The third kappa shape index (κ3) is 5.15. The lowest BCUT2D eigenvalue weighted by atomic mass is 10.1. The second-order valence-corrected chi connectivity index (χ2v) is 8.30. The number of nitrogens with one attached hydrogen (secondary N) is 1. The predicted octanol–water partition coefficient (Wildman–Crippen LogP) is -0.363. The lowest BCUT2D eigenvalue weighted by molar-refractivity contribution is -0.121. The molecule has 144 valence electrons. The van der Waals surface area contributed by atoms with E-state index in [0.29, 0.717) is 10.7 Å². The molecule has 1 atom stereocenters. The van der Waals surface area contributed by atoms with E-state index in [1.54, 1.807) is 0 Å². The Morgan fingerprint density at radius 3 is 2.12 bits per heavy atom. The van der Waals surface area contributed by atoms with Crippen LogP contribution in [0.15, 0.2) is 0 Å². The van der Waals surface area contributed by atoms with Crippen molar-refractivity contribution >= 4 is 91.2 Å². The van der Waals surface area contributed by atoms with E-state index >= 15 is 0 Å². The molecule has 0 aliphatic heterocycles. The summed E-state index contributed by atoms with van der Waals surface area (Å²) < 4.78 is 1.05. The van der Waals surface area contributed by atoms with Crippen LogP contribution in [0, 0.1) is 10.7 Å². The molecule has 3 amide bonds. The van der Waals surface area contributed by atoms with Crippen LogP contribution >= 0.6 is 67.8 Å². The maximum Gasteiger partial charge on any atom is 0.253 e. The van der Waals surface area contributed by atoms with Gasteiger partial charge in [-0.15, -0.1) is 0 Å². The number of aliphatic hydroxyl groups excluding tert-OH is 3. The van der Waals surface area contributed by atoms with Crippen molar-refractivity contribution in [1.82, 2.24) is 5.32 Å². The fraction of sp³-hybridized carbons (Fsp3) is 0.357. The summed E-state index contributed by atoms with van der Waals surface area (Å²) >= 11 is 5.55. The molecule has 0 heterocycles. The van der Waals surface area contributed by atoms with Crippen LogP contribution in [-0.2, 0) is 4.79 Å². The summed E-state index contributed by atoms with van der Waals surface area (Å²) in [5.41, 5.74) is 5.90. The largest absolute Gasteiger partial charge is 0.394 e. The maximum absolute atomic E-state index is 12.6. The molecule has 9 nitrogen and oxygen atoms in total. The van der Waals surface area contributed by atoms with Crippen LogP contribution < -0.4 is 16.0 Å². The second kappa shape index (κ2) is 10.3. The first-order valence-corrected chi connectivity index (χ1v) is 10.3. The zero-order valence-electron chi connectivity index (χ0n) is 13.4. The van der Waals surface area contributed by atoms with E-state index in [2.05, 4.69) is 5.32 Å². The predicted molar refractivity (Wildman–Crippen MR) is 119 cm³/mol. The molecule has 0 spiro atoms. The van der Waals surface area contributed by atoms with Crippen LogP contribution in [0.1, 0.15) is 20.7 Å². The molecule has 0 bridgehead atoms. The number of amides is 3. The summed E-state index contributed by atoms with van der Waals surface area (Å²) in [4.78, 5) is 37.5. The summed E-state index contributed by atoms with van der Waals surface area (Å²) in [6.45, 7) is -1.46. The summed E-state index contributed by atoms with van der Waals surface area (Å²) in [7, 11) is 1.41. The molecular weight excluding hydrogens is 687 g/mol. The van der Waals surface area contributed by atoms with Crippen LogP contribution in [0.25, 0.3) is 0 Å². The van der Waals surface area contributed by atoms with Crippen LogP contribution in [-0.4, -0.2) is 66.0 Å². The first-order valence-electron chi connectivity index (χ1n) is 7.03. The molecule has 0 aromatic heterocycles. The number of primary amides is 1. The zero-order chi connectivity index (χ0) is 20.2. The molecule has 1 aromatic carbocycles. The van der Waals surface area contributed by atoms with Crippen LogP contribution in [0.2, 0.25) is 0 Å². The number of anilines is 1. The number of nitrogens with two attached hydrogens (primary N) is 1. The van der Waals surface area contributed by atoms with E-state index in [1.807, 2.05) is 67.8 Å². The van der Waals surface area contributed by atoms with Crippen LogP contribution in [0.4, 0.5) is 5.69 Å². The number of carbonyl (C=O) groups is 3. The molecule has 12 heteroatoms. The number of rotatable bonds is 7. The normalized spacial score (nSPS) is 11.8. The summed E-state index contributed by atoms with van der Waals surface area (Å²) in [5, 5.41) is 29.8. The number of likely N-dealkylation sites (N-methyl/N-ethyl adjacent to an activating group) is 1.